The lowest BCUT2D eigenvalue weighted by Crippen LogP contribution is -2.06. The van der Waals surface area contributed by atoms with Gasteiger partial charge in [-0.15, -0.1) is 0 Å². The Bertz CT molecular complexity index is 656. The van der Waals surface area contributed by atoms with Crippen LogP contribution >= 0.6 is 0 Å². The van der Waals surface area contributed by atoms with E-state index in [1.807, 2.05) is 12.1 Å². The third-order valence-electron chi connectivity index (χ3n) is 3.11. The van der Waals surface area contributed by atoms with E-state index >= 15 is 0 Å². The molecule has 0 aliphatic carbocycles. The Morgan fingerprint density at radius 1 is 1.11 bits per heavy atom. The summed E-state index contributed by atoms with van der Waals surface area (Å²) in [7, 11) is 0. The van der Waals surface area contributed by atoms with Crippen LogP contribution in [0.2, 0.25) is 0 Å². The SMILES string of the molecule is CCc1cn(Nc2ccncc2)c2ccccc12. The highest BCUT2D eigenvalue weighted by Crippen LogP contribution is 2.21. The number of nitrogens with zero attached hydrogens (tertiary/aromatic N) is 2. The van der Waals surface area contributed by atoms with Crippen LogP contribution in [0.25, 0.3) is 10.9 Å². The molecule has 0 saturated heterocycles. The first-order valence-electron chi connectivity index (χ1n) is 6.14. The average Bonchev–Trinajstić information content (AvgIpc) is 2.78. The second-order valence-electron chi connectivity index (χ2n) is 4.24. The van der Waals surface area contributed by atoms with Crippen molar-refractivity contribution in [2.45, 2.75) is 13.3 Å². The van der Waals surface area contributed by atoms with Crippen LogP contribution in [0.3, 0.4) is 0 Å². The summed E-state index contributed by atoms with van der Waals surface area (Å²) in [5, 5.41) is 1.31. The summed E-state index contributed by atoms with van der Waals surface area (Å²) in [6.07, 6.45) is 6.76. The van der Waals surface area contributed by atoms with Gasteiger partial charge in [0.05, 0.1) is 11.2 Å². The van der Waals surface area contributed by atoms with Gasteiger partial charge < -0.3 is 0 Å². The van der Waals surface area contributed by atoms with Crippen molar-refractivity contribution in [3.63, 3.8) is 0 Å². The van der Waals surface area contributed by atoms with Crippen LogP contribution in [-0.4, -0.2) is 9.66 Å². The smallest absolute Gasteiger partial charge is 0.0699 e. The molecule has 90 valence electrons. The molecule has 0 bridgehead atoms. The summed E-state index contributed by atoms with van der Waals surface area (Å²) in [4.78, 5) is 4.02. The Balaban J connectivity index is 2.07. The van der Waals surface area contributed by atoms with Crippen molar-refractivity contribution in [2.24, 2.45) is 0 Å². The maximum absolute atomic E-state index is 4.02. The molecular formula is C15H15N3. The van der Waals surface area contributed by atoms with Crippen LogP contribution in [-0.2, 0) is 6.42 Å². The first-order valence-corrected chi connectivity index (χ1v) is 6.14. The van der Waals surface area contributed by atoms with Crippen LogP contribution in [0.5, 0.6) is 0 Å². The molecule has 1 N–H and O–H groups in total. The van der Waals surface area contributed by atoms with Crippen LogP contribution < -0.4 is 5.43 Å². The number of benzene rings is 1. The number of hydrogen-bond acceptors (Lipinski definition) is 2. The predicted octanol–water partition coefficient (Wildman–Crippen LogP) is 3.47. The molecule has 3 rings (SSSR count). The van der Waals surface area contributed by atoms with Gasteiger partial charge in [-0.05, 0) is 30.2 Å². The van der Waals surface area contributed by atoms with E-state index in [0.29, 0.717) is 0 Å². The summed E-state index contributed by atoms with van der Waals surface area (Å²) in [5.41, 5.74) is 6.97. The van der Waals surface area contributed by atoms with Crippen LogP contribution in [0.1, 0.15) is 12.5 Å². The van der Waals surface area contributed by atoms with Crippen LogP contribution in [0.15, 0.2) is 55.0 Å². The summed E-state index contributed by atoms with van der Waals surface area (Å²) < 4.78 is 2.07. The Morgan fingerprint density at radius 3 is 2.67 bits per heavy atom. The number of nitrogens with one attached hydrogen (secondary N) is 1. The molecule has 18 heavy (non-hydrogen) atoms. The number of fused-ring (bicyclic) bond motifs is 1. The van der Waals surface area contributed by atoms with Gasteiger partial charge in [0.1, 0.15) is 0 Å². The van der Waals surface area contributed by atoms with E-state index in [0.717, 1.165) is 12.1 Å². The standard InChI is InChI=1S/C15H15N3/c1-2-12-11-18(15-6-4-3-5-14(12)15)17-13-7-9-16-10-8-13/h3-11H,2H2,1H3,(H,16,17). The molecule has 1 aromatic carbocycles. The van der Waals surface area contributed by atoms with E-state index < -0.39 is 0 Å². The first-order chi connectivity index (χ1) is 8.88. The fourth-order valence-electron chi connectivity index (χ4n) is 2.19. The number of para-hydroxylation sites is 1. The monoisotopic (exact) mass is 237 g/mol. The van der Waals surface area contributed by atoms with Gasteiger partial charge in [0.25, 0.3) is 0 Å². The third-order valence-corrected chi connectivity index (χ3v) is 3.11. The molecule has 3 aromatic rings. The van der Waals surface area contributed by atoms with E-state index in [-0.39, 0.29) is 0 Å². The lowest BCUT2D eigenvalue weighted by atomic mass is 10.1. The molecule has 0 aliphatic heterocycles. The maximum Gasteiger partial charge on any atom is 0.0699 e. The lowest BCUT2D eigenvalue weighted by molar-refractivity contribution is 0.992. The summed E-state index contributed by atoms with van der Waals surface area (Å²) >= 11 is 0. The zero-order valence-electron chi connectivity index (χ0n) is 10.3. The van der Waals surface area contributed by atoms with E-state index in [2.05, 4.69) is 52.5 Å². The van der Waals surface area contributed by atoms with Crippen molar-refractivity contribution in [1.29, 1.82) is 0 Å². The average molecular weight is 237 g/mol. The molecule has 3 nitrogen and oxygen atoms in total. The fourth-order valence-corrected chi connectivity index (χ4v) is 2.19. The summed E-state index contributed by atoms with van der Waals surface area (Å²) in [5.74, 6) is 0. The Hall–Kier alpha value is -2.29. The molecule has 0 spiro atoms. The topological polar surface area (TPSA) is 29.9 Å². The minimum absolute atomic E-state index is 1.03. The molecule has 2 aromatic heterocycles. The number of pyridine rings is 1. The van der Waals surface area contributed by atoms with Crippen molar-refractivity contribution in [3.05, 3.63) is 60.6 Å². The highest BCUT2D eigenvalue weighted by molar-refractivity contribution is 5.84. The highest BCUT2D eigenvalue weighted by Gasteiger charge is 2.06. The molecular weight excluding hydrogens is 222 g/mol. The number of rotatable bonds is 3. The zero-order valence-corrected chi connectivity index (χ0v) is 10.3. The molecule has 0 amide bonds. The van der Waals surface area contributed by atoms with Gasteiger partial charge in [-0.25, -0.2) is 0 Å². The molecule has 0 atom stereocenters. The molecule has 0 aliphatic rings. The van der Waals surface area contributed by atoms with Gasteiger partial charge in [-0.2, -0.15) is 0 Å². The molecule has 0 radical (unpaired) electrons. The minimum atomic E-state index is 1.03. The van der Waals surface area contributed by atoms with Gasteiger partial charge in [-0.3, -0.25) is 15.1 Å². The zero-order chi connectivity index (χ0) is 12.4. The summed E-state index contributed by atoms with van der Waals surface area (Å²) in [6, 6.07) is 12.4. The predicted molar refractivity (Wildman–Crippen MR) is 74.6 cm³/mol. The number of aromatic nitrogens is 2. The van der Waals surface area contributed by atoms with E-state index in [4.69, 9.17) is 0 Å². The van der Waals surface area contributed by atoms with Crippen molar-refractivity contribution < 1.29 is 0 Å². The Kier molecular flexibility index (Phi) is 2.73. The summed E-state index contributed by atoms with van der Waals surface area (Å²) in [6.45, 7) is 2.18. The van der Waals surface area contributed by atoms with Crippen LogP contribution in [0.4, 0.5) is 5.69 Å². The Labute approximate surface area is 106 Å². The molecule has 0 unspecified atom stereocenters. The second-order valence-corrected chi connectivity index (χ2v) is 4.24. The number of anilines is 1. The minimum Gasteiger partial charge on any atom is -0.294 e. The van der Waals surface area contributed by atoms with Crippen molar-refractivity contribution in [3.8, 4) is 0 Å². The Morgan fingerprint density at radius 2 is 1.89 bits per heavy atom. The van der Waals surface area contributed by atoms with Crippen molar-refractivity contribution >= 4 is 16.6 Å². The molecule has 3 heteroatoms. The third kappa shape index (κ3) is 1.84. The highest BCUT2D eigenvalue weighted by atomic mass is 15.4. The largest absolute Gasteiger partial charge is 0.294 e. The van der Waals surface area contributed by atoms with Gasteiger partial charge >= 0.3 is 0 Å². The molecule has 0 saturated carbocycles. The van der Waals surface area contributed by atoms with Crippen molar-refractivity contribution in [1.82, 2.24) is 9.66 Å². The van der Waals surface area contributed by atoms with Gasteiger partial charge in [0, 0.05) is 24.0 Å². The lowest BCUT2D eigenvalue weighted by Gasteiger charge is -2.08. The maximum atomic E-state index is 4.02. The van der Waals surface area contributed by atoms with Gasteiger partial charge in [0.15, 0.2) is 0 Å². The quantitative estimate of drug-likeness (QED) is 0.756. The van der Waals surface area contributed by atoms with Gasteiger partial charge in [0.2, 0.25) is 0 Å². The number of aryl methyl sites for hydroxylation is 1. The van der Waals surface area contributed by atoms with E-state index in [1.54, 1.807) is 12.4 Å². The molecule has 0 fully saturated rings. The second kappa shape index (κ2) is 4.53. The fraction of sp³-hybridized carbons (Fsp3) is 0.133. The van der Waals surface area contributed by atoms with E-state index in [9.17, 15) is 0 Å². The van der Waals surface area contributed by atoms with Crippen LogP contribution in [0, 0.1) is 0 Å². The normalized spacial score (nSPS) is 10.7. The van der Waals surface area contributed by atoms with Crippen molar-refractivity contribution in [2.75, 3.05) is 5.43 Å². The number of hydrogen-bond donors (Lipinski definition) is 1. The van der Waals surface area contributed by atoms with Gasteiger partial charge in [-0.1, -0.05) is 25.1 Å². The van der Waals surface area contributed by atoms with E-state index in [1.165, 1.54) is 16.5 Å². The first kappa shape index (κ1) is 10.8. The molecule has 2 heterocycles.